The summed E-state index contributed by atoms with van der Waals surface area (Å²) in [6, 6.07) is 28.2. The van der Waals surface area contributed by atoms with Gasteiger partial charge >= 0.3 is 45.5 Å². The fourth-order valence-corrected chi connectivity index (χ4v) is 4.11. The number of hydrogen-bond donors (Lipinski definition) is 1. The van der Waals surface area contributed by atoms with Gasteiger partial charge in [-0.25, -0.2) is 5.70 Å². The Morgan fingerprint density at radius 1 is 1.03 bits per heavy atom. The number of rotatable bonds is 6. The molecule has 2 N–H and O–H groups in total. The first-order chi connectivity index (χ1) is 17.0. The van der Waals surface area contributed by atoms with Crippen LogP contribution in [0.15, 0.2) is 109 Å². The van der Waals surface area contributed by atoms with Crippen LogP contribution in [0.2, 0.25) is 0 Å². The topological polar surface area (TPSA) is 40.1 Å². The largest absolute Gasteiger partial charge is 2.00 e. The molecule has 2 nitrogen and oxygen atoms in total. The van der Waals surface area contributed by atoms with Crippen molar-refractivity contribution in [2.75, 3.05) is 6.54 Å². The molecule has 3 aromatic rings. The van der Waals surface area contributed by atoms with Gasteiger partial charge in [0.2, 0.25) is 0 Å². The monoisotopic (exact) mass is 548 g/mol. The van der Waals surface area contributed by atoms with Crippen molar-refractivity contribution in [3.05, 3.63) is 148 Å². The first-order valence-corrected chi connectivity index (χ1v) is 12.3. The van der Waals surface area contributed by atoms with Crippen LogP contribution in [0.3, 0.4) is 0 Å². The molecule has 36 heavy (non-hydrogen) atoms. The molecule has 0 spiro atoms. The molecule has 1 aliphatic heterocycles. The number of hydrogen-bond acceptors (Lipinski definition) is 1. The molecule has 0 amide bonds. The molecule has 1 heterocycles. The van der Waals surface area contributed by atoms with Gasteiger partial charge in [-0.05, 0) is 47.1 Å². The summed E-state index contributed by atoms with van der Waals surface area (Å²) in [5.41, 5.74) is 15.5. The van der Waals surface area contributed by atoms with Crippen molar-refractivity contribution in [3.63, 3.8) is 0 Å². The molecule has 0 bridgehead atoms. The second kappa shape index (κ2) is 15.7. The maximum atomic E-state index is 5.85. The van der Waals surface area contributed by atoms with Crippen LogP contribution in [-0.4, -0.2) is 52.0 Å². The minimum absolute atomic E-state index is 0. The second-order valence-electron chi connectivity index (χ2n) is 8.94. The first kappa shape index (κ1) is 29.9. The van der Waals surface area contributed by atoms with Crippen LogP contribution >= 0.6 is 0 Å². The Bertz CT molecular complexity index is 1220. The Morgan fingerprint density at radius 2 is 1.75 bits per heavy atom. The van der Waals surface area contributed by atoms with Crippen LogP contribution in [0.5, 0.6) is 0 Å². The molecule has 1 aliphatic rings. The van der Waals surface area contributed by atoms with Gasteiger partial charge in [-0.15, -0.1) is 48.5 Å². The molecule has 0 unspecified atom stereocenters. The average molecular weight is 548 g/mol. The summed E-state index contributed by atoms with van der Waals surface area (Å²) in [5, 5.41) is 4.40. The third-order valence-corrected chi connectivity index (χ3v) is 6.06. The number of aryl methyl sites for hydroxylation is 1. The molecule has 180 valence electrons. The number of nitrogens with zero attached hydrogens (tertiary/aromatic N) is 1. The molecule has 0 radical (unpaired) electrons. The minimum Gasteiger partial charge on any atom is -0.725 e. The Morgan fingerprint density at radius 3 is 2.39 bits per heavy atom. The van der Waals surface area contributed by atoms with E-state index < -0.39 is 0 Å². The molecule has 3 heteroatoms. The first-order valence-electron chi connectivity index (χ1n) is 12.3. The number of nitrogens with two attached hydrogens (primary N) is 1. The molecular formula is C33H36N2Sr. The van der Waals surface area contributed by atoms with E-state index in [9.17, 15) is 0 Å². The van der Waals surface area contributed by atoms with Gasteiger partial charge in [0, 0.05) is 6.20 Å². The van der Waals surface area contributed by atoms with E-state index >= 15 is 0 Å². The molecule has 4 rings (SSSR count). The third kappa shape index (κ3) is 8.67. The summed E-state index contributed by atoms with van der Waals surface area (Å²) >= 11 is 0. The molecule has 3 aromatic carbocycles. The Balaban J connectivity index is 0.000000278. The average Bonchev–Trinajstić information content (AvgIpc) is 2.90. The third-order valence-electron chi connectivity index (χ3n) is 6.06. The van der Waals surface area contributed by atoms with Crippen LogP contribution in [0.4, 0.5) is 0 Å². The maximum absolute atomic E-state index is 5.85. The van der Waals surface area contributed by atoms with E-state index in [-0.39, 0.29) is 45.5 Å². The van der Waals surface area contributed by atoms with Crippen molar-refractivity contribution in [1.82, 2.24) is 0 Å². The van der Waals surface area contributed by atoms with Crippen molar-refractivity contribution >= 4 is 56.8 Å². The van der Waals surface area contributed by atoms with Gasteiger partial charge in [0.05, 0.1) is 0 Å². The van der Waals surface area contributed by atoms with Gasteiger partial charge < -0.3 is 11.1 Å². The zero-order valence-electron chi connectivity index (χ0n) is 22.0. The summed E-state index contributed by atoms with van der Waals surface area (Å²) in [5.74, 6) is 0.545. The van der Waals surface area contributed by atoms with E-state index in [2.05, 4.69) is 87.6 Å². The molecule has 0 saturated carbocycles. The van der Waals surface area contributed by atoms with Crippen LogP contribution in [-0.2, 0) is 6.42 Å². The summed E-state index contributed by atoms with van der Waals surface area (Å²) in [4.78, 5) is 0. The molecule has 0 aromatic heterocycles. The number of allylic oxidation sites excluding steroid dienone is 5. The van der Waals surface area contributed by atoms with Gasteiger partial charge in [-0.2, -0.15) is 5.56 Å². The van der Waals surface area contributed by atoms with E-state index in [0.717, 1.165) is 35.4 Å². The zero-order valence-corrected chi connectivity index (χ0v) is 25.5. The smallest absolute Gasteiger partial charge is 0.725 e. The summed E-state index contributed by atoms with van der Waals surface area (Å²) in [6.45, 7) is 9.48. The van der Waals surface area contributed by atoms with Crippen molar-refractivity contribution in [1.29, 1.82) is 0 Å². The zero-order chi connectivity index (χ0) is 25.0. The normalized spacial score (nSPS) is 13.2. The van der Waals surface area contributed by atoms with Crippen LogP contribution in [0, 0.1) is 13.0 Å². The van der Waals surface area contributed by atoms with Gasteiger partial charge in [0.15, 0.2) is 0 Å². The maximum Gasteiger partial charge on any atom is 2.00 e. The van der Waals surface area contributed by atoms with Gasteiger partial charge in [0.1, 0.15) is 0 Å². The van der Waals surface area contributed by atoms with E-state index in [1.807, 2.05) is 48.6 Å². The molecule has 0 saturated heterocycles. The molecular weight excluding hydrogens is 512 g/mol. The minimum atomic E-state index is 0. The second-order valence-corrected chi connectivity index (χ2v) is 8.94. The van der Waals surface area contributed by atoms with E-state index in [4.69, 9.17) is 5.73 Å². The Hall–Kier alpha value is -2.30. The van der Waals surface area contributed by atoms with Crippen LogP contribution in [0.25, 0.3) is 16.6 Å². The molecule has 0 atom stereocenters. The quantitative estimate of drug-likeness (QED) is 0.189. The fraction of sp³-hybridized carbons (Fsp3) is 0.212. The van der Waals surface area contributed by atoms with Crippen LogP contribution < -0.4 is 5.73 Å². The Labute approximate surface area is 255 Å². The predicted molar refractivity (Wildman–Crippen MR) is 158 cm³/mol. The van der Waals surface area contributed by atoms with Crippen molar-refractivity contribution in [2.24, 2.45) is 5.73 Å². The predicted octanol–water partition coefficient (Wildman–Crippen LogP) is 8.00. The van der Waals surface area contributed by atoms with Gasteiger partial charge in [0.25, 0.3) is 0 Å². The SMILES string of the molecule is CC(=C/Cc1ccccc1C(C)C)/C(=C\N)c1ccccc1.Cc1ccc[c-]c1C1=CC=CC[N-]1.[Sr+2]. The van der Waals surface area contributed by atoms with Crippen LogP contribution in [0.1, 0.15) is 54.5 Å². The summed E-state index contributed by atoms with van der Waals surface area (Å²) in [7, 11) is 0. The summed E-state index contributed by atoms with van der Waals surface area (Å²) < 4.78 is 0. The van der Waals surface area contributed by atoms with Crippen molar-refractivity contribution in [2.45, 2.75) is 40.0 Å². The van der Waals surface area contributed by atoms with E-state index in [0.29, 0.717) is 5.92 Å². The van der Waals surface area contributed by atoms with E-state index in [1.165, 1.54) is 22.3 Å². The van der Waals surface area contributed by atoms with Crippen molar-refractivity contribution < 1.29 is 0 Å². The number of benzene rings is 3. The van der Waals surface area contributed by atoms with Crippen molar-refractivity contribution in [3.8, 4) is 0 Å². The molecule has 0 fully saturated rings. The van der Waals surface area contributed by atoms with Gasteiger partial charge in [-0.1, -0.05) is 87.5 Å². The van der Waals surface area contributed by atoms with E-state index in [1.54, 1.807) is 6.20 Å². The molecule has 0 aliphatic carbocycles. The van der Waals surface area contributed by atoms with Gasteiger partial charge in [-0.3, -0.25) is 0 Å². The standard InChI is InChI=1S/C21H25N.C12H11N.Sr/c1-16(2)20-12-8-7-11-19(20)14-13-17(3)21(15-22)18-9-5-4-6-10-18;1-10-6-2-3-7-11(10)12-8-4-5-9-13-12;/h4-13,15-16H,14,22H2,1-3H3;2-6,8H,9H2,1H3;/q;-2;+2/b17-13-,21-15+;;. The Kier molecular flexibility index (Phi) is 13.1. The summed E-state index contributed by atoms with van der Waals surface area (Å²) in [6.07, 6.45) is 11.0. The fourth-order valence-electron chi connectivity index (χ4n) is 4.11.